The number of benzene rings is 1. The Balaban J connectivity index is 2.22. The lowest BCUT2D eigenvalue weighted by Gasteiger charge is -2.11. The maximum atomic E-state index is 9.10. The van der Waals surface area contributed by atoms with Crippen molar-refractivity contribution in [1.82, 2.24) is 9.55 Å². The fourth-order valence-electron chi connectivity index (χ4n) is 2.55. The zero-order valence-corrected chi connectivity index (χ0v) is 12.5. The van der Waals surface area contributed by atoms with Gasteiger partial charge in [-0.3, -0.25) is 0 Å². The van der Waals surface area contributed by atoms with Gasteiger partial charge in [0.15, 0.2) is 0 Å². The van der Waals surface area contributed by atoms with Crippen LogP contribution in [0.4, 0.5) is 5.69 Å². The smallest absolute Gasteiger partial charge is 0.109 e. The van der Waals surface area contributed by atoms with Gasteiger partial charge in [-0.2, -0.15) is 0 Å². The van der Waals surface area contributed by atoms with Crippen LogP contribution in [0.1, 0.15) is 38.9 Å². The lowest BCUT2D eigenvalue weighted by molar-refractivity contribution is 0.226. The lowest BCUT2D eigenvalue weighted by Crippen LogP contribution is -2.07. The van der Waals surface area contributed by atoms with Crippen molar-refractivity contribution in [1.29, 1.82) is 0 Å². The van der Waals surface area contributed by atoms with Crippen molar-refractivity contribution in [3.05, 3.63) is 24.0 Å². The fraction of sp³-hybridized carbons (Fsp3) is 0.562. The average Bonchev–Trinajstić information content (AvgIpc) is 2.76. The third-order valence-corrected chi connectivity index (χ3v) is 3.72. The highest BCUT2D eigenvalue weighted by atomic mass is 16.3. The number of hydrogen-bond acceptors (Lipinski definition) is 3. The van der Waals surface area contributed by atoms with Crippen LogP contribution in [0.25, 0.3) is 11.0 Å². The van der Waals surface area contributed by atoms with E-state index in [0.29, 0.717) is 5.92 Å². The van der Waals surface area contributed by atoms with E-state index in [1.807, 2.05) is 12.1 Å². The number of nitrogens with zero attached hydrogens (tertiary/aromatic N) is 2. The van der Waals surface area contributed by atoms with Gasteiger partial charge in [0, 0.05) is 25.3 Å². The van der Waals surface area contributed by atoms with E-state index in [1.54, 1.807) is 0 Å². The van der Waals surface area contributed by atoms with Crippen LogP contribution in [0.2, 0.25) is 0 Å². The summed E-state index contributed by atoms with van der Waals surface area (Å²) in [4.78, 5) is 4.71. The van der Waals surface area contributed by atoms with Gasteiger partial charge in [0.25, 0.3) is 0 Å². The molecule has 1 aromatic carbocycles. The molecule has 2 aromatic rings. The molecular formula is C16H25N3O. The van der Waals surface area contributed by atoms with Crippen molar-refractivity contribution in [2.45, 2.75) is 46.1 Å². The summed E-state index contributed by atoms with van der Waals surface area (Å²) < 4.78 is 2.31. The van der Waals surface area contributed by atoms with Gasteiger partial charge < -0.3 is 15.4 Å². The lowest BCUT2D eigenvalue weighted by atomic mass is 10.1. The summed E-state index contributed by atoms with van der Waals surface area (Å²) in [5.74, 6) is 1.51. The van der Waals surface area contributed by atoms with E-state index in [4.69, 9.17) is 15.8 Å². The predicted molar refractivity (Wildman–Crippen MR) is 83.6 cm³/mol. The molecule has 0 saturated heterocycles. The summed E-state index contributed by atoms with van der Waals surface area (Å²) in [6, 6.07) is 5.94. The van der Waals surface area contributed by atoms with Gasteiger partial charge in [0.2, 0.25) is 0 Å². The highest BCUT2D eigenvalue weighted by Crippen LogP contribution is 2.21. The van der Waals surface area contributed by atoms with Gasteiger partial charge in [0.1, 0.15) is 5.82 Å². The standard InChI is InChI=1S/C16H25N3O/c1-3-5-16-18-14-10-13(17)7-8-15(14)19(16)9-4-6-12(2)11-20/h7-8,10,12,20H,3-6,9,11,17H2,1-2H3. The third kappa shape index (κ3) is 3.31. The first-order chi connectivity index (χ1) is 9.65. The van der Waals surface area contributed by atoms with Crippen LogP contribution in [-0.4, -0.2) is 21.3 Å². The third-order valence-electron chi connectivity index (χ3n) is 3.72. The summed E-state index contributed by atoms with van der Waals surface area (Å²) in [5.41, 5.74) is 8.76. The molecule has 1 aromatic heterocycles. The second kappa shape index (κ2) is 6.75. The molecular weight excluding hydrogens is 250 g/mol. The quantitative estimate of drug-likeness (QED) is 0.764. The number of aryl methyl sites for hydroxylation is 2. The molecule has 4 nitrogen and oxygen atoms in total. The summed E-state index contributed by atoms with van der Waals surface area (Å²) in [7, 11) is 0. The molecule has 0 amide bonds. The molecule has 110 valence electrons. The number of anilines is 1. The van der Waals surface area contributed by atoms with E-state index in [2.05, 4.69) is 24.5 Å². The van der Waals surface area contributed by atoms with Gasteiger partial charge in [0.05, 0.1) is 11.0 Å². The van der Waals surface area contributed by atoms with Crippen LogP contribution in [0.15, 0.2) is 18.2 Å². The number of aliphatic hydroxyl groups excluding tert-OH is 1. The normalized spacial score (nSPS) is 12.9. The number of hydrogen-bond donors (Lipinski definition) is 2. The first-order valence-corrected chi connectivity index (χ1v) is 7.51. The molecule has 2 rings (SSSR count). The minimum absolute atomic E-state index is 0.267. The Hall–Kier alpha value is -1.55. The van der Waals surface area contributed by atoms with Gasteiger partial charge in [-0.25, -0.2) is 4.98 Å². The summed E-state index contributed by atoms with van der Waals surface area (Å²) in [6.45, 7) is 5.48. The van der Waals surface area contributed by atoms with Crippen molar-refractivity contribution in [3.63, 3.8) is 0 Å². The van der Waals surface area contributed by atoms with E-state index in [9.17, 15) is 0 Å². The molecule has 0 spiro atoms. The zero-order valence-electron chi connectivity index (χ0n) is 12.5. The molecule has 0 aliphatic heterocycles. The van der Waals surface area contributed by atoms with Crippen molar-refractivity contribution in [2.24, 2.45) is 5.92 Å². The van der Waals surface area contributed by atoms with Gasteiger partial charge >= 0.3 is 0 Å². The molecule has 1 unspecified atom stereocenters. The van der Waals surface area contributed by atoms with Crippen LogP contribution in [-0.2, 0) is 13.0 Å². The van der Waals surface area contributed by atoms with E-state index in [1.165, 1.54) is 5.52 Å². The van der Waals surface area contributed by atoms with Gasteiger partial charge in [-0.15, -0.1) is 0 Å². The van der Waals surface area contributed by atoms with Crippen molar-refractivity contribution >= 4 is 16.7 Å². The Labute approximate surface area is 120 Å². The van der Waals surface area contributed by atoms with Crippen LogP contribution >= 0.6 is 0 Å². The molecule has 4 heteroatoms. The number of nitrogens with two attached hydrogens (primary N) is 1. The average molecular weight is 275 g/mol. The van der Waals surface area contributed by atoms with Crippen LogP contribution in [0.3, 0.4) is 0 Å². The molecule has 0 radical (unpaired) electrons. The number of aliphatic hydroxyl groups is 1. The van der Waals surface area contributed by atoms with Crippen molar-refractivity contribution < 1.29 is 5.11 Å². The van der Waals surface area contributed by atoms with Gasteiger partial charge in [-0.05, 0) is 43.4 Å². The Morgan fingerprint density at radius 1 is 1.40 bits per heavy atom. The maximum Gasteiger partial charge on any atom is 0.109 e. The minimum Gasteiger partial charge on any atom is -0.399 e. The summed E-state index contributed by atoms with van der Waals surface area (Å²) >= 11 is 0. The Kier molecular flexibility index (Phi) is 5.01. The minimum atomic E-state index is 0.267. The maximum absolute atomic E-state index is 9.10. The predicted octanol–water partition coefficient (Wildman–Crippen LogP) is 2.98. The van der Waals surface area contributed by atoms with E-state index in [0.717, 1.165) is 49.3 Å². The number of nitrogen functional groups attached to an aromatic ring is 1. The molecule has 0 aliphatic rings. The molecule has 1 atom stereocenters. The summed E-state index contributed by atoms with van der Waals surface area (Å²) in [6.07, 6.45) is 4.18. The Morgan fingerprint density at radius 2 is 2.20 bits per heavy atom. The van der Waals surface area contributed by atoms with Crippen LogP contribution in [0.5, 0.6) is 0 Å². The molecule has 1 heterocycles. The van der Waals surface area contributed by atoms with E-state index >= 15 is 0 Å². The Bertz CT molecular complexity index is 562. The highest BCUT2D eigenvalue weighted by Gasteiger charge is 2.10. The summed E-state index contributed by atoms with van der Waals surface area (Å²) in [5, 5.41) is 9.10. The number of imidazole rings is 1. The zero-order chi connectivity index (χ0) is 14.5. The topological polar surface area (TPSA) is 64.1 Å². The second-order valence-electron chi connectivity index (χ2n) is 5.61. The number of rotatable bonds is 7. The number of fused-ring (bicyclic) bond motifs is 1. The first-order valence-electron chi connectivity index (χ1n) is 7.51. The molecule has 3 N–H and O–H groups in total. The van der Waals surface area contributed by atoms with Crippen molar-refractivity contribution in [3.8, 4) is 0 Å². The highest BCUT2D eigenvalue weighted by molar-refractivity contribution is 5.79. The molecule has 0 aliphatic carbocycles. The molecule has 0 fully saturated rings. The largest absolute Gasteiger partial charge is 0.399 e. The fourth-order valence-corrected chi connectivity index (χ4v) is 2.55. The van der Waals surface area contributed by atoms with E-state index in [-0.39, 0.29) is 6.61 Å². The molecule has 0 saturated carbocycles. The molecule has 20 heavy (non-hydrogen) atoms. The number of aromatic nitrogens is 2. The van der Waals surface area contributed by atoms with Crippen molar-refractivity contribution in [2.75, 3.05) is 12.3 Å². The SMILES string of the molecule is CCCc1nc2cc(N)ccc2n1CCCC(C)CO. The second-order valence-corrected chi connectivity index (χ2v) is 5.61. The Morgan fingerprint density at radius 3 is 2.90 bits per heavy atom. The first kappa shape index (κ1) is 14.9. The monoisotopic (exact) mass is 275 g/mol. The van der Waals surface area contributed by atoms with Crippen LogP contribution in [0, 0.1) is 5.92 Å². The van der Waals surface area contributed by atoms with E-state index < -0.39 is 0 Å². The van der Waals surface area contributed by atoms with Gasteiger partial charge in [-0.1, -0.05) is 13.8 Å². The van der Waals surface area contributed by atoms with Crippen LogP contribution < -0.4 is 5.73 Å². The molecule has 0 bridgehead atoms.